The second kappa shape index (κ2) is 7.51. The van der Waals surface area contributed by atoms with Crippen molar-refractivity contribution in [1.29, 1.82) is 0 Å². The van der Waals surface area contributed by atoms with Crippen LogP contribution in [0.5, 0.6) is 0 Å². The fourth-order valence-corrected chi connectivity index (χ4v) is 1.58. The molecule has 0 saturated heterocycles. The Morgan fingerprint density at radius 1 is 1.06 bits per heavy atom. The lowest BCUT2D eigenvalue weighted by atomic mass is 10.3. The van der Waals surface area contributed by atoms with Gasteiger partial charge in [0.15, 0.2) is 0 Å². The zero-order valence-corrected chi connectivity index (χ0v) is 10.7. The number of benzene rings is 1. The maximum Gasteiger partial charge on any atom is 0.233 e. The lowest BCUT2D eigenvalue weighted by Crippen LogP contribution is -1.92. The van der Waals surface area contributed by atoms with E-state index in [0.29, 0.717) is 5.95 Å². The summed E-state index contributed by atoms with van der Waals surface area (Å²) >= 11 is 1.45. The Labute approximate surface area is 106 Å². The van der Waals surface area contributed by atoms with Gasteiger partial charge in [-0.3, -0.25) is 4.72 Å². The van der Waals surface area contributed by atoms with Gasteiger partial charge in [-0.25, -0.2) is 9.97 Å². The van der Waals surface area contributed by atoms with Gasteiger partial charge in [0.2, 0.25) is 5.95 Å². The molecule has 2 rings (SSSR count). The van der Waals surface area contributed by atoms with Crippen LogP contribution in [0.3, 0.4) is 0 Å². The van der Waals surface area contributed by atoms with Gasteiger partial charge < -0.3 is 5.73 Å². The van der Waals surface area contributed by atoms with Gasteiger partial charge in [0.25, 0.3) is 0 Å². The monoisotopic (exact) mass is 248 g/mol. The summed E-state index contributed by atoms with van der Waals surface area (Å²) in [5, 5.41) is 0. The van der Waals surface area contributed by atoms with E-state index in [2.05, 4.69) is 14.7 Å². The summed E-state index contributed by atoms with van der Waals surface area (Å²) in [6, 6.07) is 9.37. The van der Waals surface area contributed by atoms with Gasteiger partial charge in [-0.2, -0.15) is 0 Å². The van der Waals surface area contributed by atoms with Gasteiger partial charge >= 0.3 is 0 Å². The van der Waals surface area contributed by atoms with Crippen molar-refractivity contribution in [3.63, 3.8) is 0 Å². The molecule has 0 bridgehead atoms. The molecule has 1 aromatic heterocycles. The number of nitrogens with zero attached hydrogens (tertiary/aromatic N) is 2. The second-order valence-corrected chi connectivity index (χ2v) is 3.73. The van der Waals surface area contributed by atoms with Crippen LogP contribution in [-0.4, -0.2) is 9.97 Å². The van der Waals surface area contributed by atoms with Crippen LogP contribution in [0.1, 0.15) is 13.8 Å². The Bertz CT molecular complexity index is 416. The number of hydrogen-bond acceptors (Lipinski definition) is 5. The van der Waals surface area contributed by atoms with Gasteiger partial charge in [0.05, 0.1) is 0 Å². The van der Waals surface area contributed by atoms with Crippen molar-refractivity contribution in [3.05, 3.63) is 42.7 Å². The van der Waals surface area contributed by atoms with Crippen LogP contribution >= 0.6 is 11.9 Å². The van der Waals surface area contributed by atoms with Gasteiger partial charge in [-0.1, -0.05) is 13.8 Å². The number of hydrogen-bond donors (Lipinski definition) is 2. The molecular formula is C12H16N4S. The molecule has 5 heteroatoms. The van der Waals surface area contributed by atoms with E-state index in [4.69, 9.17) is 5.73 Å². The summed E-state index contributed by atoms with van der Waals surface area (Å²) < 4.78 is 3.03. The van der Waals surface area contributed by atoms with Gasteiger partial charge in [-0.15, -0.1) is 0 Å². The standard InChI is InChI=1S/C10H10N4S.C2H6/c11-8-2-4-9(5-3-8)15-14-10-12-6-1-7-13-10;1-2/h1-7H,11H2,(H,12,13,14);1-2H3. The SMILES string of the molecule is CC.Nc1ccc(SNc2ncccn2)cc1. The molecule has 2 aromatic rings. The lowest BCUT2D eigenvalue weighted by Gasteiger charge is -2.02. The number of nitrogen functional groups attached to an aromatic ring is 1. The lowest BCUT2D eigenvalue weighted by molar-refractivity contribution is 1.18. The summed E-state index contributed by atoms with van der Waals surface area (Å²) in [5.74, 6) is 0.597. The van der Waals surface area contributed by atoms with E-state index < -0.39 is 0 Å². The predicted octanol–water partition coefficient (Wildman–Crippen LogP) is 3.20. The number of nitrogens with two attached hydrogens (primary N) is 1. The molecule has 0 amide bonds. The van der Waals surface area contributed by atoms with Crippen LogP contribution in [-0.2, 0) is 0 Å². The Morgan fingerprint density at radius 2 is 1.65 bits per heavy atom. The first kappa shape index (κ1) is 13.3. The molecule has 90 valence electrons. The zero-order chi connectivity index (χ0) is 12.5. The Hall–Kier alpha value is -1.75. The van der Waals surface area contributed by atoms with E-state index in [-0.39, 0.29) is 0 Å². The topological polar surface area (TPSA) is 63.8 Å². The van der Waals surface area contributed by atoms with Crippen LogP contribution < -0.4 is 10.5 Å². The second-order valence-electron chi connectivity index (χ2n) is 2.85. The number of nitrogens with one attached hydrogen (secondary N) is 1. The summed E-state index contributed by atoms with van der Waals surface area (Å²) in [4.78, 5) is 9.15. The minimum absolute atomic E-state index is 0.597. The number of anilines is 2. The molecule has 3 N–H and O–H groups in total. The average Bonchev–Trinajstić information content (AvgIpc) is 2.42. The van der Waals surface area contributed by atoms with E-state index >= 15 is 0 Å². The van der Waals surface area contributed by atoms with Crippen LogP contribution in [0.2, 0.25) is 0 Å². The third kappa shape index (κ3) is 4.74. The normalized spacial score (nSPS) is 9.06. The highest BCUT2D eigenvalue weighted by molar-refractivity contribution is 8.00. The van der Waals surface area contributed by atoms with Crippen molar-refractivity contribution >= 4 is 23.6 Å². The first-order valence-electron chi connectivity index (χ1n) is 5.40. The molecule has 0 radical (unpaired) electrons. The van der Waals surface area contributed by atoms with Crippen molar-refractivity contribution in [1.82, 2.24) is 9.97 Å². The molecule has 0 aliphatic rings. The van der Waals surface area contributed by atoms with Crippen LogP contribution in [0.25, 0.3) is 0 Å². The van der Waals surface area contributed by atoms with E-state index in [0.717, 1.165) is 10.6 Å². The van der Waals surface area contributed by atoms with Crippen molar-refractivity contribution in [2.75, 3.05) is 10.5 Å². The highest BCUT2D eigenvalue weighted by Crippen LogP contribution is 2.19. The fourth-order valence-electron chi connectivity index (χ4n) is 0.992. The smallest absolute Gasteiger partial charge is 0.233 e. The molecule has 0 spiro atoms. The van der Waals surface area contributed by atoms with Crippen molar-refractivity contribution in [3.8, 4) is 0 Å². The summed E-state index contributed by atoms with van der Waals surface area (Å²) in [6.45, 7) is 4.00. The molecule has 0 aliphatic heterocycles. The Kier molecular flexibility index (Phi) is 5.88. The van der Waals surface area contributed by atoms with E-state index in [1.807, 2.05) is 38.1 Å². The molecule has 0 unspecified atom stereocenters. The first-order valence-corrected chi connectivity index (χ1v) is 6.22. The van der Waals surface area contributed by atoms with Crippen molar-refractivity contribution in [2.24, 2.45) is 0 Å². The molecule has 1 heterocycles. The Balaban J connectivity index is 0.000000686. The van der Waals surface area contributed by atoms with Gasteiger partial charge in [0, 0.05) is 23.0 Å². The molecule has 0 atom stereocenters. The van der Waals surface area contributed by atoms with Crippen molar-refractivity contribution in [2.45, 2.75) is 18.7 Å². The molecule has 0 saturated carbocycles. The summed E-state index contributed by atoms with van der Waals surface area (Å²) in [5.41, 5.74) is 6.34. The minimum Gasteiger partial charge on any atom is -0.399 e. The minimum atomic E-state index is 0.597. The van der Waals surface area contributed by atoms with Crippen molar-refractivity contribution < 1.29 is 0 Å². The highest BCUT2D eigenvalue weighted by atomic mass is 32.2. The summed E-state index contributed by atoms with van der Waals surface area (Å²) in [6.07, 6.45) is 3.39. The molecule has 17 heavy (non-hydrogen) atoms. The molecule has 0 aliphatic carbocycles. The third-order valence-corrected chi connectivity index (χ3v) is 2.50. The average molecular weight is 248 g/mol. The van der Waals surface area contributed by atoms with Crippen LogP contribution in [0.15, 0.2) is 47.6 Å². The van der Waals surface area contributed by atoms with E-state index in [9.17, 15) is 0 Å². The van der Waals surface area contributed by atoms with Crippen LogP contribution in [0, 0.1) is 0 Å². The predicted molar refractivity (Wildman–Crippen MR) is 73.7 cm³/mol. The number of aromatic nitrogens is 2. The third-order valence-electron chi connectivity index (χ3n) is 1.71. The summed E-state index contributed by atoms with van der Waals surface area (Å²) in [7, 11) is 0. The molecule has 1 aromatic carbocycles. The molecule has 4 nitrogen and oxygen atoms in total. The van der Waals surface area contributed by atoms with E-state index in [1.165, 1.54) is 11.9 Å². The largest absolute Gasteiger partial charge is 0.399 e. The maximum absolute atomic E-state index is 5.58. The first-order chi connectivity index (χ1) is 8.34. The number of rotatable bonds is 3. The van der Waals surface area contributed by atoms with Gasteiger partial charge in [0.1, 0.15) is 0 Å². The fraction of sp³-hybridized carbons (Fsp3) is 0.167. The van der Waals surface area contributed by atoms with Gasteiger partial charge in [-0.05, 0) is 42.3 Å². The quantitative estimate of drug-likeness (QED) is 0.645. The maximum atomic E-state index is 5.58. The van der Waals surface area contributed by atoms with Crippen LogP contribution in [0.4, 0.5) is 11.6 Å². The zero-order valence-electron chi connectivity index (χ0n) is 9.92. The molecular weight excluding hydrogens is 232 g/mol. The Morgan fingerprint density at radius 3 is 2.24 bits per heavy atom. The molecule has 0 fully saturated rings. The highest BCUT2D eigenvalue weighted by Gasteiger charge is 1.95. The van der Waals surface area contributed by atoms with E-state index in [1.54, 1.807) is 18.5 Å².